The van der Waals surface area contributed by atoms with Crippen LogP contribution in [0.5, 0.6) is 5.75 Å². The summed E-state index contributed by atoms with van der Waals surface area (Å²) in [5, 5.41) is 4.45. The quantitative estimate of drug-likeness (QED) is 0.622. The summed E-state index contributed by atoms with van der Waals surface area (Å²) in [6.07, 6.45) is 0. The highest BCUT2D eigenvalue weighted by Gasteiger charge is 2.12. The standard InChI is InChI=1S/C17H14ClFN2O3S/c18-13-3-1-2-12(10-13)17-20-16(24-21-17)11-25(22)9-8-23-15-6-4-14(19)5-7-15/h1-7,10H,8-9,11H2/t25-/m1/s1. The Balaban J connectivity index is 1.50. The molecule has 0 fully saturated rings. The molecule has 2 aromatic carbocycles. The van der Waals surface area contributed by atoms with Gasteiger partial charge in [-0.1, -0.05) is 28.9 Å². The molecule has 5 nitrogen and oxygen atoms in total. The molecular formula is C17H14ClFN2O3S. The minimum Gasteiger partial charge on any atom is -0.493 e. The van der Waals surface area contributed by atoms with Crippen molar-refractivity contribution in [2.45, 2.75) is 5.75 Å². The summed E-state index contributed by atoms with van der Waals surface area (Å²) in [5.74, 6) is 1.32. The molecule has 3 aromatic rings. The van der Waals surface area contributed by atoms with Crippen LogP contribution in [0.3, 0.4) is 0 Å². The van der Waals surface area contributed by atoms with Gasteiger partial charge in [0.05, 0.1) is 12.4 Å². The Morgan fingerprint density at radius 3 is 2.76 bits per heavy atom. The molecule has 25 heavy (non-hydrogen) atoms. The van der Waals surface area contributed by atoms with E-state index < -0.39 is 10.8 Å². The SMILES string of the molecule is O=[S@](CCOc1ccc(F)cc1)Cc1nc(-c2cccc(Cl)c2)no1. The van der Waals surface area contributed by atoms with Gasteiger partial charge in [-0.25, -0.2) is 4.39 Å². The van der Waals surface area contributed by atoms with Crippen LogP contribution in [0.15, 0.2) is 53.1 Å². The van der Waals surface area contributed by atoms with Crippen LogP contribution in [0.2, 0.25) is 5.02 Å². The van der Waals surface area contributed by atoms with E-state index in [4.69, 9.17) is 20.9 Å². The van der Waals surface area contributed by atoms with Gasteiger partial charge in [-0.3, -0.25) is 4.21 Å². The van der Waals surface area contributed by atoms with Crippen molar-refractivity contribution in [2.24, 2.45) is 0 Å². The Labute approximate surface area is 151 Å². The van der Waals surface area contributed by atoms with Crippen molar-refractivity contribution in [1.82, 2.24) is 10.1 Å². The van der Waals surface area contributed by atoms with Gasteiger partial charge >= 0.3 is 0 Å². The molecule has 130 valence electrons. The second-order valence-electron chi connectivity index (χ2n) is 5.11. The van der Waals surface area contributed by atoms with Crippen LogP contribution < -0.4 is 4.74 Å². The largest absolute Gasteiger partial charge is 0.493 e. The topological polar surface area (TPSA) is 65.2 Å². The maximum atomic E-state index is 12.8. The lowest BCUT2D eigenvalue weighted by atomic mass is 10.2. The average molecular weight is 381 g/mol. The normalized spacial score (nSPS) is 12.1. The number of ether oxygens (including phenoxy) is 1. The number of halogens is 2. The highest BCUT2D eigenvalue weighted by atomic mass is 35.5. The lowest BCUT2D eigenvalue weighted by Crippen LogP contribution is -2.10. The molecule has 0 radical (unpaired) electrons. The Bertz CT molecular complexity index is 870. The van der Waals surface area contributed by atoms with Gasteiger partial charge in [0.15, 0.2) is 0 Å². The first-order valence-electron chi connectivity index (χ1n) is 7.42. The van der Waals surface area contributed by atoms with Crippen LogP contribution in [0.1, 0.15) is 5.89 Å². The number of hydrogen-bond acceptors (Lipinski definition) is 5. The van der Waals surface area contributed by atoms with Crippen molar-refractivity contribution in [1.29, 1.82) is 0 Å². The number of aromatic nitrogens is 2. The van der Waals surface area contributed by atoms with Gasteiger partial charge in [0.1, 0.15) is 17.3 Å². The molecule has 0 aliphatic carbocycles. The summed E-state index contributed by atoms with van der Waals surface area (Å²) < 4.78 is 35.4. The molecule has 8 heteroatoms. The van der Waals surface area contributed by atoms with E-state index in [-0.39, 0.29) is 24.1 Å². The van der Waals surface area contributed by atoms with Gasteiger partial charge in [-0.2, -0.15) is 4.98 Å². The number of hydrogen-bond donors (Lipinski definition) is 0. The highest BCUT2D eigenvalue weighted by Crippen LogP contribution is 2.20. The van der Waals surface area contributed by atoms with Crippen LogP contribution in [0.4, 0.5) is 4.39 Å². The van der Waals surface area contributed by atoms with E-state index in [2.05, 4.69) is 10.1 Å². The van der Waals surface area contributed by atoms with E-state index in [1.54, 1.807) is 18.2 Å². The first-order chi connectivity index (χ1) is 12.1. The lowest BCUT2D eigenvalue weighted by molar-refractivity contribution is 0.341. The molecule has 1 aromatic heterocycles. The van der Waals surface area contributed by atoms with E-state index in [1.807, 2.05) is 6.07 Å². The summed E-state index contributed by atoms with van der Waals surface area (Å²) in [6.45, 7) is 0.244. The predicted octanol–water partition coefficient (Wildman–Crippen LogP) is 3.86. The third kappa shape index (κ3) is 5.11. The van der Waals surface area contributed by atoms with Gasteiger partial charge in [0.25, 0.3) is 0 Å². The summed E-state index contributed by atoms with van der Waals surface area (Å²) >= 11 is 5.93. The number of rotatable bonds is 7. The highest BCUT2D eigenvalue weighted by molar-refractivity contribution is 7.84. The van der Waals surface area contributed by atoms with Crippen LogP contribution in [0.25, 0.3) is 11.4 Å². The van der Waals surface area contributed by atoms with Crippen molar-refractivity contribution in [2.75, 3.05) is 12.4 Å². The van der Waals surface area contributed by atoms with Gasteiger partial charge in [-0.15, -0.1) is 0 Å². The lowest BCUT2D eigenvalue weighted by Gasteiger charge is -2.05. The molecule has 0 spiro atoms. The number of benzene rings is 2. The fourth-order valence-corrected chi connectivity index (χ4v) is 3.05. The van der Waals surface area contributed by atoms with E-state index >= 15 is 0 Å². The third-order valence-electron chi connectivity index (χ3n) is 3.23. The summed E-state index contributed by atoms with van der Waals surface area (Å²) in [6, 6.07) is 12.7. The minimum atomic E-state index is -1.22. The van der Waals surface area contributed by atoms with Crippen LogP contribution >= 0.6 is 11.6 Å². The van der Waals surface area contributed by atoms with Gasteiger partial charge in [0.2, 0.25) is 11.7 Å². The fraction of sp³-hybridized carbons (Fsp3) is 0.176. The summed E-state index contributed by atoms with van der Waals surface area (Å²) in [7, 11) is -1.22. The zero-order valence-corrected chi connectivity index (χ0v) is 14.6. The Morgan fingerprint density at radius 2 is 2.00 bits per heavy atom. The zero-order chi connectivity index (χ0) is 17.6. The Kier molecular flexibility index (Phi) is 5.78. The zero-order valence-electron chi connectivity index (χ0n) is 13.0. The van der Waals surface area contributed by atoms with Crippen molar-refractivity contribution in [3.8, 4) is 17.1 Å². The van der Waals surface area contributed by atoms with E-state index in [0.29, 0.717) is 22.3 Å². The molecule has 3 rings (SSSR count). The molecular weight excluding hydrogens is 367 g/mol. The van der Waals surface area contributed by atoms with Crippen LogP contribution in [-0.4, -0.2) is 26.7 Å². The molecule has 0 saturated carbocycles. The van der Waals surface area contributed by atoms with Crippen LogP contribution in [0, 0.1) is 5.82 Å². The molecule has 0 N–H and O–H groups in total. The Morgan fingerprint density at radius 1 is 1.20 bits per heavy atom. The van der Waals surface area contributed by atoms with Crippen molar-refractivity contribution >= 4 is 22.4 Å². The minimum absolute atomic E-state index is 0.139. The molecule has 0 unspecified atom stereocenters. The molecule has 0 aliphatic heterocycles. The molecule has 0 saturated heterocycles. The first-order valence-corrected chi connectivity index (χ1v) is 9.28. The molecule has 0 aliphatic rings. The molecule has 1 atom stereocenters. The van der Waals surface area contributed by atoms with Gasteiger partial charge in [-0.05, 0) is 36.4 Å². The van der Waals surface area contributed by atoms with E-state index in [1.165, 1.54) is 24.3 Å². The maximum Gasteiger partial charge on any atom is 0.239 e. The van der Waals surface area contributed by atoms with Gasteiger partial charge in [0, 0.05) is 21.4 Å². The van der Waals surface area contributed by atoms with E-state index in [0.717, 1.165) is 5.56 Å². The first kappa shape index (κ1) is 17.6. The predicted molar refractivity (Wildman–Crippen MR) is 93.4 cm³/mol. The van der Waals surface area contributed by atoms with E-state index in [9.17, 15) is 8.60 Å². The monoisotopic (exact) mass is 380 g/mol. The summed E-state index contributed by atoms with van der Waals surface area (Å²) in [5.41, 5.74) is 0.730. The second kappa shape index (κ2) is 8.22. The average Bonchev–Trinajstić information content (AvgIpc) is 3.05. The third-order valence-corrected chi connectivity index (χ3v) is 4.65. The summed E-state index contributed by atoms with van der Waals surface area (Å²) in [4.78, 5) is 4.23. The van der Waals surface area contributed by atoms with Crippen molar-refractivity contribution in [3.63, 3.8) is 0 Å². The maximum absolute atomic E-state index is 12.8. The number of nitrogens with zero attached hydrogens (tertiary/aromatic N) is 2. The van der Waals surface area contributed by atoms with Gasteiger partial charge < -0.3 is 9.26 Å². The van der Waals surface area contributed by atoms with Crippen molar-refractivity contribution < 1.29 is 17.9 Å². The molecule has 0 amide bonds. The fourth-order valence-electron chi connectivity index (χ4n) is 2.05. The molecule has 1 heterocycles. The van der Waals surface area contributed by atoms with Crippen molar-refractivity contribution in [3.05, 3.63) is 65.3 Å². The van der Waals surface area contributed by atoms with Crippen LogP contribution in [-0.2, 0) is 16.6 Å². The second-order valence-corrected chi connectivity index (χ2v) is 7.13. The smallest absolute Gasteiger partial charge is 0.239 e. The molecule has 0 bridgehead atoms. The Hall–Kier alpha value is -2.25.